The molecule has 1 aliphatic carbocycles. The van der Waals surface area contributed by atoms with E-state index in [0.29, 0.717) is 11.7 Å². The first kappa shape index (κ1) is 15.6. The van der Waals surface area contributed by atoms with Gasteiger partial charge in [-0.25, -0.2) is 0 Å². The molecule has 2 rings (SSSR count). The second-order valence-corrected chi connectivity index (χ2v) is 5.72. The number of rotatable bonds is 4. The van der Waals surface area contributed by atoms with Crippen molar-refractivity contribution in [3.05, 3.63) is 22.2 Å². The van der Waals surface area contributed by atoms with Crippen LogP contribution < -0.4 is 15.8 Å². The summed E-state index contributed by atoms with van der Waals surface area (Å²) in [5.74, 6) is -0.195. The molecule has 0 amide bonds. The van der Waals surface area contributed by atoms with Gasteiger partial charge in [-0.3, -0.25) is 0 Å². The second kappa shape index (κ2) is 6.78. The highest BCUT2D eigenvalue weighted by molar-refractivity contribution is 6.37. The van der Waals surface area contributed by atoms with Gasteiger partial charge >= 0.3 is 6.61 Å². The predicted molar refractivity (Wildman–Crippen MR) is 76.9 cm³/mol. The number of alkyl halides is 2. The Morgan fingerprint density at radius 2 is 1.70 bits per heavy atom. The Bertz CT molecular complexity index is 443. The molecule has 112 valence electrons. The maximum atomic E-state index is 12.2. The Morgan fingerprint density at radius 1 is 1.15 bits per heavy atom. The van der Waals surface area contributed by atoms with Crippen LogP contribution in [0.4, 0.5) is 14.5 Å². The molecule has 3 N–H and O–H groups in total. The molecule has 1 aromatic rings. The molecule has 0 heterocycles. The van der Waals surface area contributed by atoms with Crippen molar-refractivity contribution in [3.8, 4) is 5.75 Å². The van der Waals surface area contributed by atoms with Crippen LogP contribution in [0.25, 0.3) is 0 Å². The van der Waals surface area contributed by atoms with E-state index in [2.05, 4.69) is 10.1 Å². The first-order chi connectivity index (χ1) is 9.45. The third-order valence-corrected chi connectivity index (χ3v) is 3.91. The van der Waals surface area contributed by atoms with Crippen molar-refractivity contribution >= 4 is 28.9 Å². The number of halogens is 4. The lowest BCUT2D eigenvalue weighted by Crippen LogP contribution is -2.32. The standard InChI is InChI=1S/C13H16Cl2F2N2O/c14-10-5-9(6-11(15)12(10)20-13(16)17)19-8-3-1-7(18)2-4-8/h5-8,13,19H,1-4,18H2. The molecule has 0 saturated heterocycles. The van der Waals surface area contributed by atoms with E-state index in [1.807, 2.05) is 0 Å². The first-order valence-corrected chi connectivity index (χ1v) is 7.17. The van der Waals surface area contributed by atoms with Gasteiger partial charge in [0.2, 0.25) is 0 Å². The molecule has 0 unspecified atom stereocenters. The van der Waals surface area contributed by atoms with Gasteiger partial charge in [-0.1, -0.05) is 23.2 Å². The van der Waals surface area contributed by atoms with Crippen LogP contribution in [0.3, 0.4) is 0 Å². The molecule has 0 radical (unpaired) electrons. The van der Waals surface area contributed by atoms with E-state index in [1.54, 1.807) is 12.1 Å². The summed E-state index contributed by atoms with van der Waals surface area (Å²) in [4.78, 5) is 0. The summed E-state index contributed by atoms with van der Waals surface area (Å²) >= 11 is 11.8. The van der Waals surface area contributed by atoms with E-state index in [9.17, 15) is 8.78 Å². The zero-order valence-electron chi connectivity index (χ0n) is 10.7. The Morgan fingerprint density at radius 3 is 2.20 bits per heavy atom. The van der Waals surface area contributed by atoms with Gasteiger partial charge in [0.1, 0.15) is 0 Å². The molecular weight excluding hydrogens is 309 g/mol. The summed E-state index contributed by atoms with van der Waals surface area (Å²) in [6, 6.07) is 3.64. The van der Waals surface area contributed by atoms with Gasteiger partial charge in [0.05, 0.1) is 10.0 Å². The smallest absolute Gasteiger partial charge is 0.387 e. The third-order valence-electron chi connectivity index (χ3n) is 3.35. The summed E-state index contributed by atoms with van der Waals surface area (Å²) in [5, 5.41) is 3.42. The quantitative estimate of drug-likeness (QED) is 0.869. The van der Waals surface area contributed by atoms with Gasteiger partial charge in [0.25, 0.3) is 0 Å². The monoisotopic (exact) mass is 324 g/mol. The third kappa shape index (κ3) is 4.11. The highest BCUT2D eigenvalue weighted by Gasteiger charge is 2.20. The summed E-state index contributed by atoms with van der Waals surface area (Å²) in [7, 11) is 0. The maximum absolute atomic E-state index is 12.2. The lowest BCUT2D eigenvalue weighted by atomic mass is 9.92. The lowest BCUT2D eigenvalue weighted by Gasteiger charge is -2.27. The van der Waals surface area contributed by atoms with Gasteiger partial charge in [-0.15, -0.1) is 0 Å². The number of ether oxygens (including phenoxy) is 1. The zero-order valence-corrected chi connectivity index (χ0v) is 12.2. The van der Waals surface area contributed by atoms with E-state index in [-0.39, 0.29) is 21.8 Å². The average Bonchev–Trinajstić information content (AvgIpc) is 2.36. The molecule has 1 aliphatic rings. The molecule has 0 aliphatic heterocycles. The summed E-state index contributed by atoms with van der Waals surface area (Å²) < 4.78 is 28.7. The van der Waals surface area contributed by atoms with Crippen LogP contribution >= 0.6 is 23.2 Å². The number of hydrogen-bond acceptors (Lipinski definition) is 3. The van der Waals surface area contributed by atoms with Crippen LogP contribution in [-0.4, -0.2) is 18.7 Å². The van der Waals surface area contributed by atoms with Crippen molar-refractivity contribution in [2.24, 2.45) is 5.73 Å². The van der Waals surface area contributed by atoms with Gasteiger partial charge in [0, 0.05) is 17.8 Å². The lowest BCUT2D eigenvalue weighted by molar-refractivity contribution is -0.0497. The predicted octanol–water partition coefficient (Wildman–Crippen LogP) is 4.28. The summed E-state index contributed by atoms with van der Waals surface area (Å²) in [6.45, 7) is -2.95. The first-order valence-electron chi connectivity index (χ1n) is 6.41. The molecule has 0 atom stereocenters. The normalized spacial score (nSPS) is 22.9. The molecular formula is C13H16Cl2F2N2O. The maximum Gasteiger partial charge on any atom is 0.387 e. The number of benzene rings is 1. The highest BCUT2D eigenvalue weighted by atomic mass is 35.5. The number of hydrogen-bond donors (Lipinski definition) is 2. The number of nitrogens with two attached hydrogens (primary N) is 1. The zero-order chi connectivity index (χ0) is 14.7. The van der Waals surface area contributed by atoms with Gasteiger partial charge < -0.3 is 15.8 Å². The fourth-order valence-electron chi connectivity index (χ4n) is 2.34. The van der Waals surface area contributed by atoms with Crippen molar-refractivity contribution < 1.29 is 13.5 Å². The molecule has 0 bridgehead atoms. The molecule has 20 heavy (non-hydrogen) atoms. The van der Waals surface area contributed by atoms with Crippen LogP contribution in [0, 0.1) is 0 Å². The van der Waals surface area contributed by atoms with Crippen LogP contribution in [0.15, 0.2) is 12.1 Å². The average molecular weight is 325 g/mol. The summed E-state index contributed by atoms with van der Waals surface area (Å²) in [5.41, 5.74) is 6.54. The Kier molecular flexibility index (Phi) is 5.29. The Labute approximate surface area is 126 Å². The van der Waals surface area contributed by atoms with E-state index in [1.165, 1.54) is 0 Å². The molecule has 7 heteroatoms. The number of anilines is 1. The van der Waals surface area contributed by atoms with Crippen molar-refractivity contribution in [3.63, 3.8) is 0 Å². The summed E-state index contributed by atoms with van der Waals surface area (Å²) in [6.07, 6.45) is 3.86. The Balaban J connectivity index is 2.06. The van der Waals surface area contributed by atoms with E-state index >= 15 is 0 Å². The second-order valence-electron chi connectivity index (χ2n) is 4.90. The van der Waals surface area contributed by atoms with Gasteiger partial charge in [-0.2, -0.15) is 8.78 Å². The van der Waals surface area contributed by atoms with E-state index < -0.39 is 6.61 Å². The van der Waals surface area contributed by atoms with Crippen molar-refractivity contribution in [2.75, 3.05) is 5.32 Å². The SMILES string of the molecule is NC1CCC(Nc2cc(Cl)c(OC(F)F)c(Cl)c2)CC1. The van der Waals surface area contributed by atoms with Crippen molar-refractivity contribution in [1.29, 1.82) is 0 Å². The molecule has 0 spiro atoms. The Hall–Kier alpha value is -0.780. The molecule has 1 saturated carbocycles. The topological polar surface area (TPSA) is 47.3 Å². The number of nitrogens with one attached hydrogen (secondary N) is 1. The van der Waals surface area contributed by atoms with Crippen LogP contribution in [0.2, 0.25) is 10.0 Å². The van der Waals surface area contributed by atoms with Gasteiger partial charge in [0.15, 0.2) is 5.75 Å². The highest BCUT2D eigenvalue weighted by Crippen LogP contribution is 2.37. The molecule has 0 aromatic heterocycles. The van der Waals surface area contributed by atoms with Crippen molar-refractivity contribution in [2.45, 2.75) is 44.4 Å². The molecule has 1 aromatic carbocycles. The minimum atomic E-state index is -2.95. The minimum absolute atomic E-state index is 0.0628. The van der Waals surface area contributed by atoms with Crippen molar-refractivity contribution in [1.82, 2.24) is 0 Å². The van der Waals surface area contributed by atoms with E-state index in [0.717, 1.165) is 25.7 Å². The van der Waals surface area contributed by atoms with Crippen LogP contribution in [-0.2, 0) is 0 Å². The van der Waals surface area contributed by atoms with Crippen LogP contribution in [0.5, 0.6) is 5.75 Å². The fourth-order valence-corrected chi connectivity index (χ4v) is 2.92. The largest absolute Gasteiger partial charge is 0.432 e. The van der Waals surface area contributed by atoms with Crippen LogP contribution in [0.1, 0.15) is 25.7 Å². The van der Waals surface area contributed by atoms with E-state index in [4.69, 9.17) is 28.9 Å². The van der Waals surface area contributed by atoms with Gasteiger partial charge in [-0.05, 0) is 37.8 Å². The molecule has 3 nitrogen and oxygen atoms in total. The minimum Gasteiger partial charge on any atom is -0.432 e. The fraction of sp³-hybridized carbons (Fsp3) is 0.538. The molecule has 1 fully saturated rings.